The van der Waals surface area contributed by atoms with Crippen molar-refractivity contribution in [3.05, 3.63) is 23.7 Å². The van der Waals surface area contributed by atoms with Gasteiger partial charge in [0.2, 0.25) is 5.76 Å². The van der Waals surface area contributed by atoms with Gasteiger partial charge in [-0.3, -0.25) is 14.4 Å². The first-order valence-corrected chi connectivity index (χ1v) is 7.42. The maximum atomic E-state index is 11.7. The standard InChI is InChI=1S/C14H18O8S/c1-5-23-22-14(18)13(21-11(4)17)7-6-12(20-10(3)16)8-19-9(2)15/h6-7H,5,8H2,1-4H3. The molecule has 0 N–H and O–H groups in total. The number of ether oxygens (including phenoxy) is 3. The summed E-state index contributed by atoms with van der Waals surface area (Å²) in [5.41, 5.74) is 0. The molecule has 0 aliphatic rings. The lowest BCUT2D eigenvalue weighted by atomic mass is 10.3. The highest BCUT2D eigenvalue weighted by Gasteiger charge is 2.15. The highest BCUT2D eigenvalue weighted by molar-refractivity contribution is 7.95. The zero-order valence-corrected chi connectivity index (χ0v) is 14.1. The normalized spacial score (nSPS) is 11.5. The van der Waals surface area contributed by atoms with Crippen molar-refractivity contribution in [2.45, 2.75) is 27.7 Å². The molecule has 0 aromatic heterocycles. The van der Waals surface area contributed by atoms with Gasteiger partial charge in [-0.2, -0.15) is 0 Å². The van der Waals surface area contributed by atoms with Crippen molar-refractivity contribution in [2.24, 2.45) is 0 Å². The number of hydrogen-bond donors (Lipinski definition) is 0. The van der Waals surface area contributed by atoms with Crippen molar-refractivity contribution in [1.29, 1.82) is 0 Å². The minimum atomic E-state index is -0.877. The molecule has 0 spiro atoms. The van der Waals surface area contributed by atoms with Crippen molar-refractivity contribution >= 4 is 35.9 Å². The lowest BCUT2D eigenvalue weighted by molar-refractivity contribution is -0.145. The summed E-state index contributed by atoms with van der Waals surface area (Å²) in [5.74, 6) is -2.75. The van der Waals surface area contributed by atoms with Crippen LogP contribution in [0.3, 0.4) is 0 Å². The summed E-state index contributed by atoms with van der Waals surface area (Å²) in [6, 6.07) is 0. The number of carbonyl (C=O) groups is 4. The lowest BCUT2D eigenvalue weighted by Crippen LogP contribution is -2.11. The smallest absolute Gasteiger partial charge is 0.386 e. The number of rotatable bonds is 8. The first-order chi connectivity index (χ1) is 10.8. The number of carbonyl (C=O) groups excluding carboxylic acids is 4. The van der Waals surface area contributed by atoms with Crippen LogP contribution in [0.4, 0.5) is 0 Å². The van der Waals surface area contributed by atoms with Gasteiger partial charge in [0.05, 0.1) is 12.0 Å². The molecule has 0 bridgehead atoms. The molecule has 0 atom stereocenters. The van der Waals surface area contributed by atoms with Crippen LogP contribution >= 0.6 is 12.0 Å². The molecule has 23 heavy (non-hydrogen) atoms. The quantitative estimate of drug-likeness (QED) is 0.162. The van der Waals surface area contributed by atoms with Gasteiger partial charge in [0.25, 0.3) is 0 Å². The Kier molecular flexibility index (Phi) is 10.2. The number of hydrogen-bond acceptors (Lipinski definition) is 9. The Bertz CT molecular complexity index is 521. The monoisotopic (exact) mass is 346 g/mol. The molecule has 128 valence electrons. The summed E-state index contributed by atoms with van der Waals surface area (Å²) in [6.07, 6.45) is 2.25. The molecule has 0 aromatic rings. The van der Waals surface area contributed by atoms with E-state index in [9.17, 15) is 19.2 Å². The third-order valence-electron chi connectivity index (χ3n) is 1.82. The van der Waals surface area contributed by atoms with Crippen LogP contribution in [0.25, 0.3) is 0 Å². The van der Waals surface area contributed by atoms with Crippen LogP contribution in [0.1, 0.15) is 27.7 Å². The van der Waals surface area contributed by atoms with Gasteiger partial charge >= 0.3 is 23.9 Å². The fourth-order valence-corrected chi connectivity index (χ4v) is 1.40. The average Bonchev–Trinajstić information content (AvgIpc) is 2.44. The van der Waals surface area contributed by atoms with Gasteiger partial charge in [-0.05, 0) is 12.2 Å². The van der Waals surface area contributed by atoms with E-state index in [1.807, 2.05) is 0 Å². The second kappa shape index (κ2) is 11.3. The van der Waals surface area contributed by atoms with Crippen molar-refractivity contribution in [1.82, 2.24) is 0 Å². The molecule has 0 radical (unpaired) electrons. The summed E-state index contributed by atoms with van der Waals surface area (Å²) in [4.78, 5) is 44.5. The van der Waals surface area contributed by atoms with E-state index in [0.29, 0.717) is 5.75 Å². The van der Waals surface area contributed by atoms with Crippen molar-refractivity contribution in [3.63, 3.8) is 0 Å². The maximum Gasteiger partial charge on any atom is 0.386 e. The Morgan fingerprint density at radius 2 is 1.52 bits per heavy atom. The Hall–Kier alpha value is -2.29. The molecule has 0 rings (SSSR count). The van der Waals surface area contributed by atoms with Gasteiger partial charge in [0.1, 0.15) is 12.4 Å². The van der Waals surface area contributed by atoms with Gasteiger partial charge in [-0.25, -0.2) is 4.79 Å². The molecular weight excluding hydrogens is 328 g/mol. The first kappa shape index (κ1) is 20.7. The van der Waals surface area contributed by atoms with E-state index in [1.165, 1.54) is 13.0 Å². The van der Waals surface area contributed by atoms with Crippen LogP contribution < -0.4 is 0 Å². The molecule has 0 aromatic carbocycles. The highest BCUT2D eigenvalue weighted by Crippen LogP contribution is 2.11. The van der Waals surface area contributed by atoms with Gasteiger partial charge in [0.15, 0.2) is 0 Å². The molecule has 0 unspecified atom stereocenters. The van der Waals surface area contributed by atoms with Gasteiger partial charge in [-0.15, -0.1) is 0 Å². The molecular formula is C14H18O8S. The summed E-state index contributed by atoms with van der Waals surface area (Å²) in [7, 11) is 0. The fourth-order valence-electron chi connectivity index (χ4n) is 1.09. The molecule has 9 heteroatoms. The molecule has 8 nitrogen and oxygen atoms in total. The first-order valence-electron chi connectivity index (χ1n) is 6.51. The maximum absolute atomic E-state index is 11.7. The van der Waals surface area contributed by atoms with Crippen LogP contribution in [0.15, 0.2) is 23.7 Å². The van der Waals surface area contributed by atoms with Crippen LogP contribution in [0.5, 0.6) is 0 Å². The Balaban J connectivity index is 5.24. The second-order valence-corrected chi connectivity index (χ2v) is 4.89. The van der Waals surface area contributed by atoms with E-state index in [-0.39, 0.29) is 12.4 Å². The SMILES string of the molecule is CCSOC(=O)C(=CC=C(COC(C)=O)OC(C)=O)OC(C)=O. The number of esters is 3. The molecule has 0 amide bonds. The molecule has 0 saturated carbocycles. The van der Waals surface area contributed by atoms with Crippen LogP contribution in [-0.2, 0) is 37.6 Å². The highest BCUT2D eigenvalue weighted by atomic mass is 32.2. The third kappa shape index (κ3) is 11.0. The molecule has 0 aliphatic carbocycles. The van der Waals surface area contributed by atoms with Crippen molar-refractivity contribution in [3.8, 4) is 0 Å². The molecule has 0 aliphatic heterocycles. The van der Waals surface area contributed by atoms with Gasteiger partial charge < -0.3 is 18.4 Å². The van der Waals surface area contributed by atoms with E-state index >= 15 is 0 Å². The zero-order valence-electron chi connectivity index (χ0n) is 13.2. The summed E-state index contributed by atoms with van der Waals surface area (Å²) >= 11 is 0.874. The molecule has 0 saturated heterocycles. The summed E-state index contributed by atoms with van der Waals surface area (Å²) in [6.45, 7) is 4.90. The minimum Gasteiger partial charge on any atom is -0.458 e. The van der Waals surface area contributed by atoms with Crippen LogP contribution in [0.2, 0.25) is 0 Å². The Morgan fingerprint density at radius 1 is 0.913 bits per heavy atom. The Morgan fingerprint density at radius 3 is 2.00 bits per heavy atom. The van der Waals surface area contributed by atoms with Crippen molar-refractivity contribution in [2.75, 3.05) is 12.4 Å². The predicted octanol–water partition coefficient (Wildman–Crippen LogP) is 1.65. The molecule has 0 fully saturated rings. The van der Waals surface area contributed by atoms with Crippen LogP contribution in [-0.4, -0.2) is 36.2 Å². The summed E-state index contributed by atoms with van der Waals surface area (Å²) in [5, 5.41) is 0. The van der Waals surface area contributed by atoms with Gasteiger partial charge in [-0.1, -0.05) is 6.92 Å². The minimum absolute atomic E-state index is 0.0479. The van der Waals surface area contributed by atoms with E-state index in [2.05, 4.69) is 0 Å². The molecule has 0 heterocycles. The van der Waals surface area contributed by atoms with Crippen LogP contribution in [0, 0.1) is 0 Å². The van der Waals surface area contributed by atoms with Crippen molar-refractivity contribution < 1.29 is 37.6 Å². The number of allylic oxidation sites excluding steroid dienone is 2. The van der Waals surface area contributed by atoms with E-state index in [0.717, 1.165) is 32.0 Å². The van der Waals surface area contributed by atoms with E-state index in [4.69, 9.17) is 18.4 Å². The lowest BCUT2D eigenvalue weighted by Gasteiger charge is -2.07. The topological polar surface area (TPSA) is 105 Å². The van der Waals surface area contributed by atoms with E-state index in [1.54, 1.807) is 6.92 Å². The zero-order chi connectivity index (χ0) is 17.8. The predicted molar refractivity (Wildman–Crippen MR) is 80.6 cm³/mol. The third-order valence-corrected chi connectivity index (χ3v) is 2.33. The second-order valence-electron chi connectivity index (χ2n) is 3.91. The van der Waals surface area contributed by atoms with E-state index < -0.39 is 29.6 Å². The Labute approximate surface area is 138 Å². The fraction of sp³-hybridized carbons (Fsp3) is 0.429. The summed E-state index contributed by atoms with van der Waals surface area (Å²) < 4.78 is 19.0. The largest absolute Gasteiger partial charge is 0.458 e. The van der Waals surface area contributed by atoms with Gasteiger partial charge in [0, 0.05) is 26.5 Å². The average molecular weight is 346 g/mol.